The molecule has 7 nitrogen and oxygen atoms in total. The van der Waals surface area contributed by atoms with Crippen molar-refractivity contribution in [1.29, 1.82) is 0 Å². The average molecular weight is 470 g/mol. The van der Waals surface area contributed by atoms with Crippen molar-refractivity contribution in [2.45, 2.75) is 24.2 Å². The van der Waals surface area contributed by atoms with Crippen LogP contribution in [0.4, 0.5) is 5.69 Å². The van der Waals surface area contributed by atoms with Crippen LogP contribution in [-0.4, -0.2) is 37.6 Å². The minimum atomic E-state index is -3.88. The van der Waals surface area contributed by atoms with Crippen molar-refractivity contribution in [3.05, 3.63) is 58.1 Å². The van der Waals surface area contributed by atoms with E-state index in [0.29, 0.717) is 25.1 Å². The zero-order valence-electron chi connectivity index (χ0n) is 16.0. The number of carbonyl (C=O) groups excluding carboxylic acids is 2. The zero-order chi connectivity index (χ0) is 21.9. The van der Waals surface area contributed by atoms with E-state index < -0.39 is 21.8 Å². The van der Waals surface area contributed by atoms with Gasteiger partial charge in [-0.2, -0.15) is 4.31 Å². The Hall–Kier alpha value is -2.13. The van der Waals surface area contributed by atoms with Gasteiger partial charge in [0.1, 0.15) is 4.90 Å². The largest absolute Gasteiger partial charge is 0.369 e. The lowest BCUT2D eigenvalue weighted by molar-refractivity contribution is -0.121. The molecule has 1 aliphatic rings. The van der Waals surface area contributed by atoms with Crippen LogP contribution >= 0.6 is 23.2 Å². The number of hydrogen-bond donors (Lipinski definition) is 2. The summed E-state index contributed by atoms with van der Waals surface area (Å²) in [6.07, 6.45) is 1.24. The molecule has 1 atom stereocenters. The molecule has 160 valence electrons. The molecule has 1 heterocycles. The summed E-state index contributed by atoms with van der Waals surface area (Å²) in [6, 6.07) is 11.0. The van der Waals surface area contributed by atoms with E-state index in [-0.39, 0.29) is 33.8 Å². The molecule has 0 aliphatic carbocycles. The molecular weight excluding hydrogens is 449 g/mol. The van der Waals surface area contributed by atoms with Crippen LogP contribution < -0.4 is 11.1 Å². The molecule has 2 aromatic carbocycles. The molecule has 3 rings (SSSR count). The van der Waals surface area contributed by atoms with Gasteiger partial charge in [-0.25, -0.2) is 8.42 Å². The van der Waals surface area contributed by atoms with Crippen LogP contribution in [0.1, 0.15) is 18.4 Å². The fourth-order valence-corrected chi connectivity index (χ4v) is 5.60. The molecule has 1 fully saturated rings. The maximum atomic E-state index is 13.0. The second kappa shape index (κ2) is 9.34. The fourth-order valence-electron chi connectivity index (χ4n) is 3.34. The summed E-state index contributed by atoms with van der Waals surface area (Å²) in [7, 11) is -3.88. The van der Waals surface area contributed by atoms with Gasteiger partial charge < -0.3 is 11.1 Å². The maximum Gasteiger partial charge on any atom is 0.244 e. The summed E-state index contributed by atoms with van der Waals surface area (Å²) >= 11 is 12.0. The van der Waals surface area contributed by atoms with Gasteiger partial charge in [-0.1, -0.05) is 35.3 Å². The van der Waals surface area contributed by atoms with Gasteiger partial charge in [0.05, 0.1) is 17.4 Å². The highest BCUT2D eigenvalue weighted by Crippen LogP contribution is 2.30. The Bertz CT molecular complexity index is 1060. The van der Waals surface area contributed by atoms with Crippen LogP contribution in [0.3, 0.4) is 0 Å². The summed E-state index contributed by atoms with van der Waals surface area (Å²) in [6.45, 7) is 0.355. The number of nitrogens with one attached hydrogen (secondary N) is 1. The first kappa shape index (κ1) is 22.6. The number of nitrogens with two attached hydrogens (primary N) is 1. The van der Waals surface area contributed by atoms with E-state index in [9.17, 15) is 18.0 Å². The van der Waals surface area contributed by atoms with E-state index in [2.05, 4.69) is 5.32 Å². The smallest absolute Gasteiger partial charge is 0.244 e. The van der Waals surface area contributed by atoms with E-state index >= 15 is 0 Å². The van der Waals surface area contributed by atoms with Gasteiger partial charge >= 0.3 is 0 Å². The summed E-state index contributed by atoms with van der Waals surface area (Å²) in [5.74, 6) is -1.21. The number of rotatable bonds is 6. The van der Waals surface area contributed by atoms with Crippen molar-refractivity contribution in [2.75, 3.05) is 18.4 Å². The first-order valence-electron chi connectivity index (χ1n) is 9.30. The molecular formula is C20H21Cl2N3O4S. The normalized spacial score (nSPS) is 17.5. The minimum absolute atomic E-state index is 0.0523. The van der Waals surface area contributed by atoms with Crippen LogP contribution in [0.15, 0.2) is 47.4 Å². The Morgan fingerprint density at radius 2 is 1.83 bits per heavy atom. The highest BCUT2D eigenvalue weighted by atomic mass is 35.5. The predicted octanol–water partition coefficient (Wildman–Crippen LogP) is 3.06. The SMILES string of the molecule is NC(=O)Cc1ccc(NC(=O)C2CCCN(S(=O)(=O)c3cc(Cl)ccc3Cl)C2)cc1. The van der Waals surface area contributed by atoms with E-state index in [1.807, 2.05) is 0 Å². The number of hydrogen-bond acceptors (Lipinski definition) is 4. The number of sulfonamides is 1. The Kier molecular flexibility index (Phi) is 7.02. The summed E-state index contributed by atoms with van der Waals surface area (Å²) < 4.78 is 27.3. The van der Waals surface area contributed by atoms with Crippen molar-refractivity contribution < 1.29 is 18.0 Å². The molecule has 1 unspecified atom stereocenters. The molecule has 3 N–H and O–H groups in total. The number of benzene rings is 2. The fraction of sp³-hybridized carbons (Fsp3) is 0.300. The highest BCUT2D eigenvalue weighted by Gasteiger charge is 2.34. The Balaban J connectivity index is 1.70. The van der Waals surface area contributed by atoms with Gasteiger partial charge in [-0.05, 0) is 48.7 Å². The second-order valence-electron chi connectivity index (χ2n) is 7.11. The van der Waals surface area contributed by atoms with Gasteiger partial charge in [0.2, 0.25) is 21.8 Å². The Labute approximate surface area is 185 Å². The van der Waals surface area contributed by atoms with E-state index in [1.54, 1.807) is 24.3 Å². The van der Waals surface area contributed by atoms with Crippen molar-refractivity contribution in [1.82, 2.24) is 4.31 Å². The molecule has 0 aromatic heterocycles. The first-order valence-corrected chi connectivity index (χ1v) is 11.5. The first-order chi connectivity index (χ1) is 14.2. The maximum absolute atomic E-state index is 13.0. The number of piperidine rings is 1. The van der Waals surface area contributed by atoms with Crippen LogP contribution in [0, 0.1) is 5.92 Å². The van der Waals surface area contributed by atoms with Gasteiger partial charge in [-0.15, -0.1) is 0 Å². The van der Waals surface area contributed by atoms with Crippen LogP contribution in [0.5, 0.6) is 0 Å². The number of nitrogens with zero attached hydrogens (tertiary/aromatic N) is 1. The Morgan fingerprint density at radius 1 is 1.13 bits per heavy atom. The third-order valence-corrected chi connectivity index (χ3v) is 7.45. The predicted molar refractivity (Wildman–Crippen MR) is 116 cm³/mol. The lowest BCUT2D eigenvalue weighted by Gasteiger charge is -2.31. The third-order valence-electron chi connectivity index (χ3n) is 4.87. The summed E-state index contributed by atoms with van der Waals surface area (Å²) in [5, 5.41) is 3.15. The topological polar surface area (TPSA) is 110 Å². The van der Waals surface area contributed by atoms with Gasteiger partial charge in [0.25, 0.3) is 0 Å². The van der Waals surface area contributed by atoms with E-state index in [1.165, 1.54) is 22.5 Å². The molecule has 2 amide bonds. The molecule has 0 spiro atoms. The van der Waals surface area contributed by atoms with Crippen LogP contribution in [-0.2, 0) is 26.0 Å². The molecule has 1 aliphatic heterocycles. The van der Waals surface area contributed by atoms with Gasteiger partial charge in [0.15, 0.2) is 0 Å². The molecule has 1 saturated heterocycles. The van der Waals surface area contributed by atoms with Crippen LogP contribution in [0.2, 0.25) is 10.0 Å². The van der Waals surface area contributed by atoms with Crippen molar-refractivity contribution >= 4 is 50.7 Å². The number of anilines is 1. The second-order valence-corrected chi connectivity index (χ2v) is 9.86. The van der Waals surface area contributed by atoms with Gasteiger partial charge in [0, 0.05) is 23.8 Å². The standard InChI is InChI=1S/C20H21Cl2N3O4S/c21-15-5-8-17(22)18(11-15)30(28,29)25-9-1-2-14(12-25)20(27)24-16-6-3-13(4-7-16)10-19(23)26/h3-8,11,14H,1-2,9-10,12H2,(H2,23,26)(H,24,27). The quantitative estimate of drug-likeness (QED) is 0.676. The van der Waals surface area contributed by atoms with Crippen LogP contribution in [0.25, 0.3) is 0 Å². The average Bonchev–Trinajstić information content (AvgIpc) is 2.71. The minimum Gasteiger partial charge on any atom is -0.369 e. The Morgan fingerprint density at radius 3 is 2.50 bits per heavy atom. The number of carbonyl (C=O) groups is 2. The monoisotopic (exact) mass is 469 g/mol. The van der Waals surface area contributed by atoms with E-state index in [0.717, 1.165) is 5.56 Å². The van der Waals surface area contributed by atoms with E-state index in [4.69, 9.17) is 28.9 Å². The summed E-state index contributed by atoms with van der Waals surface area (Å²) in [4.78, 5) is 23.6. The zero-order valence-corrected chi connectivity index (χ0v) is 18.3. The van der Waals surface area contributed by atoms with Crippen molar-refractivity contribution in [2.24, 2.45) is 11.7 Å². The molecule has 0 saturated carbocycles. The number of halogens is 2. The lowest BCUT2D eigenvalue weighted by Crippen LogP contribution is -2.43. The van der Waals surface area contributed by atoms with Gasteiger partial charge in [-0.3, -0.25) is 9.59 Å². The molecule has 10 heteroatoms. The molecule has 0 bridgehead atoms. The van der Waals surface area contributed by atoms with Crippen molar-refractivity contribution in [3.8, 4) is 0 Å². The summed E-state index contributed by atoms with van der Waals surface area (Å²) in [5.41, 5.74) is 6.48. The number of amides is 2. The molecule has 0 radical (unpaired) electrons. The lowest BCUT2D eigenvalue weighted by atomic mass is 9.98. The highest BCUT2D eigenvalue weighted by molar-refractivity contribution is 7.89. The molecule has 30 heavy (non-hydrogen) atoms. The molecule has 2 aromatic rings. The third kappa shape index (κ3) is 5.31. The number of primary amides is 1. The van der Waals surface area contributed by atoms with Crippen molar-refractivity contribution in [3.63, 3.8) is 0 Å².